The molecular weight excluding hydrogens is 308 g/mol. The van der Waals surface area contributed by atoms with Crippen molar-refractivity contribution >= 4 is 11.9 Å². The molecule has 1 amide bonds. The molecule has 0 bridgehead atoms. The van der Waals surface area contributed by atoms with Gasteiger partial charge in [0.25, 0.3) is 5.91 Å². The summed E-state index contributed by atoms with van der Waals surface area (Å²) in [6, 6.07) is 8.34. The third-order valence-electron chi connectivity index (χ3n) is 4.34. The molecule has 6 nitrogen and oxygen atoms in total. The lowest BCUT2D eigenvalue weighted by molar-refractivity contribution is -0.143. The van der Waals surface area contributed by atoms with Gasteiger partial charge in [0, 0.05) is 6.04 Å². The number of rotatable bonds is 5. The summed E-state index contributed by atoms with van der Waals surface area (Å²) in [5, 5.41) is 21.3. The van der Waals surface area contributed by atoms with Crippen LogP contribution in [0.5, 0.6) is 5.75 Å². The maximum atomic E-state index is 12.4. The van der Waals surface area contributed by atoms with E-state index in [1.54, 1.807) is 31.2 Å². The van der Waals surface area contributed by atoms with Crippen LogP contribution in [0.2, 0.25) is 0 Å². The normalized spacial score (nSPS) is 21.8. The number of nitriles is 1. The van der Waals surface area contributed by atoms with Gasteiger partial charge in [0.15, 0.2) is 6.10 Å². The maximum absolute atomic E-state index is 12.4. The van der Waals surface area contributed by atoms with Crippen LogP contribution in [0.1, 0.15) is 44.6 Å². The Labute approximate surface area is 141 Å². The quantitative estimate of drug-likeness (QED) is 0.808. The minimum absolute atomic E-state index is 0.346. The van der Waals surface area contributed by atoms with Crippen molar-refractivity contribution in [2.24, 2.45) is 5.92 Å². The summed E-state index contributed by atoms with van der Waals surface area (Å²) in [6.07, 6.45) is 3.18. The number of nitrogens with zero attached hydrogens (tertiary/aromatic N) is 1. The minimum Gasteiger partial charge on any atom is -0.481 e. The molecule has 1 unspecified atom stereocenters. The number of carbonyl (C=O) groups excluding carboxylic acids is 1. The van der Waals surface area contributed by atoms with Crippen LogP contribution >= 0.6 is 0 Å². The fraction of sp³-hybridized carbons (Fsp3) is 0.500. The van der Waals surface area contributed by atoms with Gasteiger partial charge in [0.1, 0.15) is 11.8 Å². The molecule has 2 N–H and O–H groups in total. The van der Waals surface area contributed by atoms with Gasteiger partial charge >= 0.3 is 5.97 Å². The van der Waals surface area contributed by atoms with Gasteiger partial charge in [-0.15, -0.1) is 0 Å². The number of hydrogen-bond donors (Lipinski definition) is 2. The lowest BCUT2D eigenvalue weighted by atomic mass is 9.94. The number of carboxylic acid groups (broad SMARTS) is 1. The Balaban J connectivity index is 2.02. The molecule has 0 radical (unpaired) electrons. The lowest BCUT2D eigenvalue weighted by Crippen LogP contribution is -2.47. The number of carboxylic acids is 1. The highest BCUT2D eigenvalue weighted by Crippen LogP contribution is 2.24. The monoisotopic (exact) mass is 330 g/mol. The average molecular weight is 330 g/mol. The van der Waals surface area contributed by atoms with Crippen molar-refractivity contribution in [3.63, 3.8) is 0 Å². The largest absolute Gasteiger partial charge is 0.481 e. The van der Waals surface area contributed by atoms with Gasteiger partial charge in [-0.1, -0.05) is 31.4 Å². The number of nitrogens with one attached hydrogen (secondary N) is 1. The molecule has 3 atom stereocenters. The molecule has 0 aromatic heterocycles. The van der Waals surface area contributed by atoms with Gasteiger partial charge in [0.05, 0.1) is 11.5 Å². The number of amides is 1. The lowest BCUT2D eigenvalue weighted by Gasteiger charge is -2.25. The first-order valence-electron chi connectivity index (χ1n) is 8.22. The summed E-state index contributed by atoms with van der Waals surface area (Å²) in [6.45, 7) is 1.59. The molecule has 0 heterocycles. The van der Waals surface area contributed by atoms with Crippen LogP contribution < -0.4 is 10.1 Å². The second-order valence-corrected chi connectivity index (χ2v) is 6.07. The van der Waals surface area contributed by atoms with Crippen LogP contribution in [0, 0.1) is 17.2 Å². The molecule has 128 valence electrons. The first-order chi connectivity index (χ1) is 11.5. The van der Waals surface area contributed by atoms with Crippen molar-refractivity contribution < 1.29 is 19.4 Å². The summed E-state index contributed by atoms with van der Waals surface area (Å²) in [4.78, 5) is 23.8. The molecule has 1 aliphatic rings. The van der Waals surface area contributed by atoms with E-state index in [0.717, 1.165) is 19.3 Å². The van der Waals surface area contributed by atoms with Crippen molar-refractivity contribution in [1.29, 1.82) is 5.26 Å². The second kappa shape index (κ2) is 8.34. The number of hydrogen-bond acceptors (Lipinski definition) is 4. The fourth-order valence-electron chi connectivity index (χ4n) is 2.98. The molecule has 6 heteroatoms. The van der Waals surface area contributed by atoms with Gasteiger partial charge in [-0.25, -0.2) is 0 Å². The van der Waals surface area contributed by atoms with E-state index in [1.165, 1.54) is 0 Å². The van der Waals surface area contributed by atoms with Crippen LogP contribution in [-0.2, 0) is 9.59 Å². The summed E-state index contributed by atoms with van der Waals surface area (Å²) in [5.74, 6) is -1.44. The summed E-state index contributed by atoms with van der Waals surface area (Å²) in [7, 11) is 0. The zero-order valence-corrected chi connectivity index (χ0v) is 13.7. The average Bonchev–Trinajstić information content (AvgIpc) is 2.80. The van der Waals surface area contributed by atoms with E-state index < -0.39 is 18.0 Å². The van der Waals surface area contributed by atoms with Gasteiger partial charge in [-0.05, 0) is 31.9 Å². The van der Waals surface area contributed by atoms with Crippen molar-refractivity contribution in [2.45, 2.75) is 51.2 Å². The molecule has 1 aliphatic carbocycles. The molecule has 0 saturated heterocycles. The molecule has 1 fully saturated rings. The number of benzene rings is 1. The fourth-order valence-corrected chi connectivity index (χ4v) is 2.98. The maximum Gasteiger partial charge on any atom is 0.308 e. The van der Waals surface area contributed by atoms with Crippen LogP contribution in [0.15, 0.2) is 24.3 Å². The Morgan fingerprint density at radius 1 is 1.29 bits per heavy atom. The molecule has 0 aliphatic heterocycles. The third kappa shape index (κ3) is 4.48. The molecule has 1 saturated carbocycles. The Hall–Kier alpha value is -2.55. The van der Waals surface area contributed by atoms with E-state index in [4.69, 9.17) is 10.00 Å². The van der Waals surface area contributed by atoms with Gasteiger partial charge in [-0.2, -0.15) is 5.26 Å². The van der Waals surface area contributed by atoms with E-state index in [2.05, 4.69) is 5.32 Å². The third-order valence-corrected chi connectivity index (χ3v) is 4.34. The summed E-state index contributed by atoms with van der Waals surface area (Å²) in [5.41, 5.74) is 0.357. The first kappa shape index (κ1) is 17.8. The number of para-hydroxylation sites is 1. The van der Waals surface area contributed by atoms with E-state index in [1.807, 2.05) is 6.07 Å². The topological polar surface area (TPSA) is 99.4 Å². The molecule has 0 spiro atoms. The number of ether oxygens (including phenoxy) is 1. The highest BCUT2D eigenvalue weighted by Gasteiger charge is 2.32. The molecule has 1 aromatic rings. The summed E-state index contributed by atoms with van der Waals surface area (Å²) < 4.78 is 5.58. The Morgan fingerprint density at radius 3 is 2.71 bits per heavy atom. The standard InChI is InChI=1S/C18H22N2O4/c1-12(24-16-10-6-5-7-13(16)11-19)17(21)20-15-9-4-2-3-8-14(15)18(22)23/h5-7,10,12,14-15H,2-4,8-9H2,1H3,(H,20,21)(H,22,23)/t12?,14-,15+/m1/s1. The van der Waals surface area contributed by atoms with Crippen molar-refractivity contribution in [3.05, 3.63) is 29.8 Å². The Morgan fingerprint density at radius 2 is 2.00 bits per heavy atom. The zero-order chi connectivity index (χ0) is 17.5. The zero-order valence-electron chi connectivity index (χ0n) is 13.7. The number of carbonyl (C=O) groups is 2. The highest BCUT2D eigenvalue weighted by molar-refractivity contribution is 5.82. The highest BCUT2D eigenvalue weighted by atomic mass is 16.5. The molecular formula is C18H22N2O4. The number of aliphatic carboxylic acids is 1. The smallest absolute Gasteiger partial charge is 0.308 e. The van der Waals surface area contributed by atoms with Gasteiger partial charge in [0.2, 0.25) is 0 Å². The van der Waals surface area contributed by atoms with Crippen molar-refractivity contribution in [1.82, 2.24) is 5.32 Å². The van der Waals surface area contributed by atoms with Crippen LogP contribution in [0.25, 0.3) is 0 Å². The van der Waals surface area contributed by atoms with Gasteiger partial charge in [-0.3, -0.25) is 9.59 Å². The van der Waals surface area contributed by atoms with E-state index in [0.29, 0.717) is 24.2 Å². The van der Waals surface area contributed by atoms with Crippen LogP contribution in [-0.4, -0.2) is 29.1 Å². The SMILES string of the molecule is CC(Oc1ccccc1C#N)C(=O)N[C@H]1CCCCC[C@H]1C(=O)O. The van der Waals surface area contributed by atoms with Crippen molar-refractivity contribution in [2.75, 3.05) is 0 Å². The predicted octanol–water partition coefficient (Wildman–Crippen LogP) is 2.48. The van der Waals surface area contributed by atoms with E-state index in [9.17, 15) is 14.7 Å². The Kier molecular flexibility index (Phi) is 6.19. The second-order valence-electron chi connectivity index (χ2n) is 6.07. The molecule has 24 heavy (non-hydrogen) atoms. The summed E-state index contributed by atoms with van der Waals surface area (Å²) >= 11 is 0. The first-order valence-corrected chi connectivity index (χ1v) is 8.22. The predicted molar refractivity (Wildman–Crippen MR) is 87.4 cm³/mol. The van der Waals surface area contributed by atoms with Crippen LogP contribution in [0.4, 0.5) is 0 Å². The van der Waals surface area contributed by atoms with E-state index in [-0.39, 0.29) is 11.9 Å². The minimum atomic E-state index is -0.870. The molecule has 1 aromatic carbocycles. The van der Waals surface area contributed by atoms with Gasteiger partial charge < -0.3 is 15.2 Å². The van der Waals surface area contributed by atoms with Crippen molar-refractivity contribution in [3.8, 4) is 11.8 Å². The Bertz CT molecular complexity index is 638. The van der Waals surface area contributed by atoms with Crippen LogP contribution in [0.3, 0.4) is 0 Å². The molecule has 2 rings (SSSR count). The van der Waals surface area contributed by atoms with E-state index >= 15 is 0 Å².